The molecule has 0 aromatic heterocycles. The van der Waals surface area contributed by atoms with Crippen molar-refractivity contribution >= 4 is 28.1 Å². The Hall–Kier alpha value is -0.720. The molecule has 1 saturated heterocycles. The second kappa shape index (κ2) is 6.18. The van der Waals surface area contributed by atoms with Gasteiger partial charge in [0.1, 0.15) is 5.60 Å². The highest BCUT2D eigenvalue weighted by Crippen LogP contribution is 2.42. The van der Waals surface area contributed by atoms with Crippen molar-refractivity contribution in [3.05, 3.63) is 12.2 Å². The summed E-state index contributed by atoms with van der Waals surface area (Å²) in [5.74, 6) is -1.34. The quantitative estimate of drug-likeness (QED) is 0.387. The van der Waals surface area contributed by atoms with E-state index >= 15 is 0 Å². The van der Waals surface area contributed by atoms with Gasteiger partial charge in [-0.1, -0.05) is 28.1 Å². The summed E-state index contributed by atoms with van der Waals surface area (Å²) in [6.07, 6.45) is 6.23. The first-order valence-corrected chi connectivity index (χ1v) is 8.44. The number of nitrogens with one attached hydrogen (secondary N) is 1. The molecule has 1 heterocycles. The third kappa shape index (κ3) is 2.58. The van der Waals surface area contributed by atoms with Crippen molar-refractivity contribution in [2.75, 3.05) is 5.33 Å². The standard InChI is InChI=1S/C15H22BrNO4/c1-14(21)11(7-8-16)13(20)17-15(14,9-18)12(19)10-5-3-2-4-6-10/h3,5,9-12,19,21H,2,4,6-8H2,1H3,(H,17,20)/t10-,11+,12?,14+,15-/m1/s1. The Labute approximate surface area is 132 Å². The monoisotopic (exact) mass is 359 g/mol. The third-order valence-corrected chi connectivity index (χ3v) is 5.37. The van der Waals surface area contributed by atoms with E-state index in [0.717, 1.165) is 19.3 Å². The van der Waals surface area contributed by atoms with E-state index in [1.54, 1.807) is 0 Å². The van der Waals surface area contributed by atoms with Crippen LogP contribution in [-0.4, -0.2) is 45.0 Å². The number of hydrogen-bond donors (Lipinski definition) is 3. The summed E-state index contributed by atoms with van der Waals surface area (Å²) >= 11 is 3.26. The number of aliphatic hydroxyl groups excluding tert-OH is 1. The zero-order chi connectivity index (χ0) is 15.7. The number of amides is 1. The van der Waals surface area contributed by atoms with Crippen molar-refractivity contribution in [3.63, 3.8) is 0 Å². The topological polar surface area (TPSA) is 86.6 Å². The van der Waals surface area contributed by atoms with Gasteiger partial charge >= 0.3 is 0 Å². The molecule has 5 atom stereocenters. The Morgan fingerprint density at radius 1 is 1.62 bits per heavy atom. The molecule has 1 unspecified atom stereocenters. The number of carbonyl (C=O) groups excluding carboxylic acids is 2. The number of carbonyl (C=O) groups is 2. The van der Waals surface area contributed by atoms with Gasteiger partial charge in [0.05, 0.1) is 12.0 Å². The number of aldehydes is 1. The fourth-order valence-electron chi connectivity index (χ4n) is 3.51. The molecule has 0 radical (unpaired) electrons. The first kappa shape index (κ1) is 16.6. The van der Waals surface area contributed by atoms with Crippen LogP contribution in [0.25, 0.3) is 0 Å². The molecule has 0 saturated carbocycles. The highest BCUT2D eigenvalue weighted by atomic mass is 79.9. The first-order chi connectivity index (χ1) is 9.90. The van der Waals surface area contributed by atoms with Crippen LogP contribution in [0.1, 0.15) is 32.6 Å². The van der Waals surface area contributed by atoms with Crippen LogP contribution in [0.3, 0.4) is 0 Å². The van der Waals surface area contributed by atoms with Crippen LogP contribution in [0.4, 0.5) is 0 Å². The lowest BCUT2D eigenvalue weighted by Gasteiger charge is -2.42. The van der Waals surface area contributed by atoms with Crippen molar-refractivity contribution < 1.29 is 19.8 Å². The summed E-state index contributed by atoms with van der Waals surface area (Å²) < 4.78 is 0. The van der Waals surface area contributed by atoms with Crippen LogP contribution in [0.2, 0.25) is 0 Å². The molecule has 2 rings (SSSR count). The Morgan fingerprint density at radius 2 is 2.33 bits per heavy atom. The number of rotatable bonds is 5. The van der Waals surface area contributed by atoms with Crippen molar-refractivity contribution in [1.82, 2.24) is 5.32 Å². The first-order valence-electron chi connectivity index (χ1n) is 7.32. The Balaban J connectivity index is 2.36. The molecule has 0 aromatic rings. The summed E-state index contributed by atoms with van der Waals surface area (Å²) in [4.78, 5) is 23.9. The Morgan fingerprint density at radius 3 is 2.86 bits per heavy atom. The average molecular weight is 360 g/mol. The summed E-state index contributed by atoms with van der Waals surface area (Å²) in [5.41, 5.74) is -3.27. The van der Waals surface area contributed by atoms with Gasteiger partial charge in [-0.15, -0.1) is 0 Å². The molecule has 1 aliphatic carbocycles. The Bertz CT molecular complexity index is 451. The van der Waals surface area contributed by atoms with Gasteiger partial charge in [-0.05, 0) is 32.6 Å². The van der Waals surface area contributed by atoms with Crippen LogP contribution in [0.5, 0.6) is 0 Å². The van der Waals surface area contributed by atoms with E-state index in [4.69, 9.17) is 0 Å². The largest absolute Gasteiger partial charge is 0.389 e. The van der Waals surface area contributed by atoms with Crippen LogP contribution in [-0.2, 0) is 9.59 Å². The number of halogens is 1. The van der Waals surface area contributed by atoms with Gasteiger partial charge in [0.25, 0.3) is 0 Å². The van der Waals surface area contributed by atoms with E-state index in [1.807, 2.05) is 12.2 Å². The lowest BCUT2D eigenvalue weighted by molar-refractivity contribution is -0.138. The minimum absolute atomic E-state index is 0.238. The van der Waals surface area contributed by atoms with Crippen LogP contribution < -0.4 is 5.32 Å². The predicted octanol–water partition coefficient (Wildman–Crippen LogP) is 0.923. The zero-order valence-corrected chi connectivity index (χ0v) is 13.7. The highest BCUT2D eigenvalue weighted by molar-refractivity contribution is 9.09. The van der Waals surface area contributed by atoms with Crippen molar-refractivity contribution in [2.24, 2.45) is 11.8 Å². The molecule has 118 valence electrons. The van der Waals surface area contributed by atoms with Gasteiger partial charge in [-0.25, -0.2) is 0 Å². The van der Waals surface area contributed by atoms with Crippen LogP contribution in [0, 0.1) is 11.8 Å². The fourth-order valence-corrected chi connectivity index (χ4v) is 3.97. The molecule has 21 heavy (non-hydrogen) atoms. The molecular formula is C15H22BrNO4. The van der Waals surface area contributed by atoms with Gasteiger partial charge in [-0.3, -0.25) is 4.79 Å². The summed E-state index contributed by atoms with van der Waals surface area (Å²) in [6.45, 7) is 1.46. The number of aliphatic hydroxyl groups is 2. The smallest absolute Gasteiger partial charge is 0.227 e. The van der Waals surface area contributed by atoms with Gasteiger partial charge in [0.2, 0.25) is 5.91 Å². The maximum absolute atomic E-state index is 12.2. The van der Waals surface area contributed by atoms with E-state index in [9.17, 15) is 19.8 Å². The zero-order valence-electron chi connectivity index (χ0n) is 12.1. The van der Waals surface area contributed by atoms with Gasteiger partial charge < -0.3 is 20.3 Å². The second-order valence-electron chi connectivity index (χ2n) is 6.12. The second-order valence-corrected chi connectivity index (χ2v) is 6.91. The minimum Gasteiger partial charge on any atom is -0.389 e. The predicted molar refractivity (Wildman–Crippen MR) is 82.0 cm³/mol. The fraction of sp³-hybridized carbons (Fsp3) is 0.733. The normalized spacial score (nSPS) is 40.9. The van der Waals surface area contributed by atoms with Crippen molar-refractivity contribution in [3.8, 4) is 0 Å². The van der Waals surface area contributed by atoms with E-state index < -0.39 is 23.2 Å². The highest BCUT2D eigenvalue weighted by Gasteiger charge is 2.65. The molecule has 0 spiro atoms. The molecule has 2 aliphatic rings. The molecule has 3 N–H and O–H groups in total. The van der Waals surface area contributed by atoms with Crippen LogP contribution in [0.15, 0.2) is 12.2 Å². The number of allylic oxidation sites excluding steroid dienone is 1. The van der Waals surface area contributed by atoms with E-state index in [0.29, 0.717) is 18.0 Å². The number of hydrogen-bond acceptors (Lipinski definition) is 4. The molecule has 1 aliphatic heterocycles. The van der Waals surface area contributed by atoms with Gasteiger partial charge in [-0.2, -0.15) is 0 Å². The summed E-state index contributed by atoms with van der Waals surface area (Å²) in [5, 5.41) is 24.7. The lowest BCUT2D eigenvalue weighted by atomic mass is 9.69. The average Bonchev–Trinajstić information content (AvgIpc) is 2.68. The van der Waals surface area contributed by atoms with E-state index in [-0.39, 0.29) is 11.8 Å². The van der Waals surface area contributed by atoms with Crippen molar-refractivity contribution in [2.45, 2.75) is 49.9 Å². The third-order valence-electron chi connectivity index (χ3n) is 4.91. The van der Waals surface area contributed by atoms with Gasteiger partial charge in [0.15, 0.2) is 11.8 Å². The summed E-state index contributed by atoms with van der Waals surface area (Å²) in [6, 6.07) is 0. The molecular weight excluding hydrogens is 338 g/mol. The van der Waals surface area contributed by atoms with Crippen LogP contribution >= 0.6 is 15.9 Å². The number of alkyl halides is 1. The molecule has 0 aromatic carbocycles. The molecule has 0 bridgehead atoms. The van der Waals surface area contributed by atoms with Gasteiger partial charge in [0, 0.05) is 11.2 Å². The van der Waals surface area contributed by atoms with Crippen molar-refractivity contribution in [1.29, 1.82) is 0 Å². The molecule has 1 fully saturated rings. The lowest BCUT2D eigenvalue weighted by Crippen LogP contribution is -2.67. The Kier molecular flexibility index (Phi) is 4.90. The molecule has 6 heteroatoms. The minimum atomic E-state index is -1.65. The van der Waals surface area contributed by atoms with E-state index in [1.165, 1.54) is 6.92 Å². The molecule has 5 nitrogen and oxygen atoms in total. The SMILES string of the molecule is C[C@]1(O)[C@@H](CCBr)C(=O)N[C@]1(C=O)C(O)[C@@H]1C=CCCC1. The van der Waals surface area contributed by atoms with E-state index in [2.05, 4.69) is 21.2 Å². The maximum Gasteiger partial charge on any atom is 0.227 e. The maximum atomic E-state index is 12.2. The molecule has 1 amide bonds. The summed E-state index contributed by atoms with van der Waals surface area (Å²) in [7, 11) is 0.